The van der Waals surface area contributed by atoms with Crippen molar-refractivity contribution in [3.63, 3.8) is 0 Å². The summed E-state index contributed by atoms with van der Waals surface area (Å²) in [5, 5.41) is 2.83. The van der Waals surface area contributed by atoms with Gasteiger partial charge in [0, 0.05) is 37.1 Å². The van der Waals surface area contributed by atoms with Crippen LogP contribution in [0.15, 0.2) is 29.6 Å². The zero-order valence-corrected chi connectivity index (χ0v) is 15.9. The number of aromatic nitrogens is 1. The Bertz CT molecular complexity index is 869. The molecule has 25 heavy (non-hydrogen) atoms. The Kier molecular flexibility index (Phi) is 5.21. The maximum absolute atomic E-state index is 12.4. The fourth-order valence-corrected chi connectivity index (χ4v) is 4.48. The lowest BCUT2D eigenvalue weighted by Crippen LogP contribution is -2.50. The van der Waals surface area contributed by atoms with Crippen LogP contribution in [0.3, 0.4) is 0 Å². The second kappa shape index (κ2) is 7.23. The summed E-state index contributed by atoms with van der Waals surface area (Å²) in [6.07, 6.45) is 1.45. The van der Waals surface area contributed by atoms with Gasteiger partial charge in [0.05, 0.1) is 18.4 Å². The number of nitrogens with zero attached hydrogens (tertiary/aromatic N) is 3. The van der Waals surface area contributed by atoms with Crippen molar-refractivity contribution in [2.24, 2.45) is 0 Å². The molecule has 1 aromatic heterocycles. The Hall–Kier alpha value is -1.77. The maximum Gasteiger partial charge on any atom is 0.228 e. The van der Waals surface area contributed by atoms with Crippen LogP contribution in [-0.4, -0.2) is 60.9 Å². The summed E-state index contributed by atoms with van der Waals surface area (Å²) < 4.78 is 24.5. The molecule has 2 heterocycles. The highest BCUT2D eigenvalue weighted by Gasteiger charge is 2.26. The number of hydrogen-bond donors (Lipinski definition) is 0. The van der Waals surface area contributed by atoms with Crippen molar-refractivity contribution in [1.82, 2.24) is 14.2 Å². The summed E-state index contributed by atoms with van der Waals surface area (Å²) in [5.41, 5.74) is 3.00. The Labute approximate surface area is 152 Å². The lowest BCUT2D eigenvalue weighted by Gasteiger charge is -2.33. The van der Waals surface area contributed by atoms with Gasteiger partial charge < -0.3 is 4.90 Å². The molecule has 3 rings (SSSR count). The Morgan fingerprint density at radius 1 is 1.24 bits per heavy atom. The predicted molar refractivity (Wildman–Crippen MR) is 99.0 cm³/mol. The number of sulfonamides is 1. The molecule has 134 valence electrons. The molecule has 1 aromatic carbocycles. The van der Waals surface area contributed by atoms with Crippen LogP contribution in [0.2, 0.25) is 0 Å². The molecule has 0 N–H and O–H groups in total. The van der Waals surface area contributed by atoms with Crippen molar-refractivity contribution < 1.29 is 13.2 Å². The predicted octanol–water partition coefficient (Wildman–Crippen LogP) is 1.76. The number of amides is 1. The minimum absolute atomic E-state index is 0.00533. The van der Waals surface area contributed by atoms with Crippen LogP contribution in [0.25, 0.3) is 10.6 Å². The first kappa shape index (κ1) is 18.0. The first-order valence-corrected chi connectivity index (χ1v) is 10.8. The molecule has 0 unspecified atom stereocenters. The largest absolute Gasteiger partial charge is 0.340 e. The van der Waals surface area contributed by atoms with E-state index < -0.39 is 10.0 Å². The van der Waals surface area contributed by atoms with Crippen LogP contribution >= 0.6 is 11.3 Å². The fraction of sp³-hybridized carbons (Fsp3) is 0.412. The van der Waals surface area contributed by atoms with Gasteiger partial charge >= 0.3 is 0 Å². The Balaban J connectivity index is 1.61. The molecule has 0 radical (unpaired) electrons. The number of thiazole rings is 1. The van der Waals surface area contributed by atoms with E-state index in [1.807, 2.05) is 30.5 Å². The zero-order chi connectivity index (χ0) is 18.0. The van der Waals surface area contributed by atoms with E-state index in [1.165, 1.54) is 27.5 Å². The third-order valence-electron chi connectivity index (χ3n) is 4.21. The highest BCUT2D eigenvalue weighted by molar-refractivity contribution is 7.88. The number of benzene rings is 1. The van der Waals surface area contributed by atoms with E-state index in [9.17, 15) is 13.2 Å². The third kappa shape index (κ3) is 4.45. The van der Waals surface area contributed by atoms with E-state index in [-0.39, 0.29) is 12.3 Å². The van der Waals surface area contributed by atoms with Crippen LogP contribution < -0.4 is 0 Å². The third-order valence-corrected chi connectivity index (χ3v) is 6.45. The molecule has 0 bridgehead atoms. The van der Waals surface area contributed by atoms with Gasteiger partial charge in [-0.25, -0.2) is 13.4 Å². The van der Waals surface area contributed by atoms with Gasteiger partial charge in [-0.1, -0.05) is 23.8 Å². The van der Waals surface area contributed by atoms with Crippen LogP contribution in [0.1, 0.15) is 11.3 Å². The van der Waals surface area contributed by atoms with E-state index in [1.54, 1.807) is 4.90 Å². The van der Waals surface area contributed by atoms with Gasteiger partial charge in [-0.05, 0) is 13.0 Å². The molecule has 1 fully saturated rings. The second-order valence-corrected chi connectivity index (χ2v) is 9.07. The number of piperazine rings is 1. The Morgan fingerprint density at radius 3 is 2.60 bits per heavy atom. The Morgan fingerprint density at radius 2 is 1.96 bits per heavy atom. The van der Waals surface area contributed by atoms with Crippen LogP contribution in [0, 0.1) is 6.92 Å². The molecule has 0 aliphatic carbocycles. The molecule has 0 spiro atoms. The van der Waals surface area contributed by atoms with Gasteiger partial charge in [0.15, 0.2) is 0 Å². The lowest BCUT2D eigenvalue weighted by atomic mass is 10.1. The van der Waals surface area contributed by atoms with Crippen LogP contribution in [0.5, 0.6) is 0 Å². The van der Waals surface area contributed by atoms with Gasteiger partial charge in [0.25, 0.3) is 0 Å². The summed E-state index contributed by atoms with van der Waals surface area (Å²) in [6.45, 7) is 3.62. The van der Waals surface area contributed by atoms with E-state index in [4.69, 9.17) is 0 Å². The minimum atomic E-state index is -3.18. The molecule has 1 amide bonds. The average molecular weight is 380 g/mol. The molecule has 6 nitrogen and oxygen atoms in total. The highest BCUT2D eigenvalue weighted by Crippen LogP contribution is 2.24. The SMILES string of the molecule is Cc1cccc(-c2nc(CC(=O)N3CCN(S(C)(=O)=O)CC3)cs2)c1. The normalized spacial score (nSPS) is 16.2. The van der Waals surface area contributed by atoms with Crippen molar-refractivity contribution in [1.29, 1.82) is 0 Å². The fourth-order valence-electron chi connectivity index (χ4n) is 2.83. The monoisotopic (exact) mass is 379 g/mol. The number of rotatable bonds is 4. The van der Waals surface area contributed by atoms with E-state index in [0.717, 1.165) is 16.3 Å². The lowest BCUT2D eigenvalue weighted by molar-refractivity contribution is -0.131. The van der Waals surface area contributed by atoms with Crippen molar-refractivity contribution >= 4 is 27.3 Å². The van der Waals surface area contributed by atoms with Gasteiger partial charge in [-0.2, -0.15) is 4.31 Å². The number of aryl methyl sites for hydroxylation is 1. The summed E-state index contributed by atoms with van der Waals surface area (Å²) in [6, 6.07) is 8.13. The van der Waals surface area contributed by atoms with Gasteiger partial charge in [0.2, 0.25) is 15.9 Å². The molecular formula is C17H21N3O3S2. The van der Waals surface area contributed by atoms with Crippen molar-refractivity contribution in [3.8, 4) is 10.6 Å². The van der Waals surface area contributed by atoms with Crippen molar-refractivity contribution in [3.05, 3.63) is 40.9 Å². The molecular weight excluding hydrogens is 358 g/mol. The first-order chi connectivity index (χ1) is 11.8. The second-order valence-electron chi connectivity index (χ2n) is 6.23. The standard InChI is InChI=1S/C17H21N3O3S2/c1-13-4-3-5-14(10-13)17-18-15(12-24-17)11-16(21)19-6-8-20(9-7-19)25(2,22)23/h3-5,10,12H,6-9,11H2,1-2H3. The molecule has 1 aliphatic heterocycles. The van der Waals surface area contributed by atoms with Gasteiger partial charge in [-0.3, -0.25) is 4.79 Å². The average Bonchev–Trinajstić information content (AvgIpc) is 3.03. The van der Waals surface area contributed by atoms with E-state index in [2.05, 4.69) is 11.1 Å². The summed E-state index contributed by atoms with van der Waals surface area (Å²) >= 11 is 1.53. The summed E-state index contributed by atoms with van der Waals surface area (Å²) in [4.78, 5) is 18.7. The molecule has 1 saturated heterocycles. The van der Waals surface area contributed by atoms with Gasteiger partial charge in [0.1, 0.15) is 5.01 Å². The smallest absolute Gasteiger partial charge is 0.228 e. The maximum atomic E-state index is 12.4. The van der Waals surface area contributed by atoms with Crippen molar-refractivity contribution in [2.45, 2.75) is 13.3 Å². The van der Waals surface area contributed by atoms with E-state index >= 15 is 0 Å². The summed E-state index contributed by atoms with van der Waals surface area (Å²) in [5.74, 6) is -0.00533. The zero-order valence-electron chi connectivity index (χ0n) is 14.3. The van der Waals surface area contributed by atoms with Crippen molar-refractivity contribution in [2.75, 3.05) is 32.4 Å². The first-order valence-electron chi connectivity index (χ1n) is 8.07. The number of hydrogen-bond acceptors (Lipinski definition) is 5. The molecule has 0 atom stereocenters. The van der Waals surface area contributed by atoms with Crippen LogP contribution in [0.4, 0.5) is 0 Å². The van der Waals surface area contributed by atoms with E-state index in [0.29, 0.717) is 26.2 Å². The quantitative estimate of drug-likeness (QED) is 0.812. The molecule has 8 heteroatoms. The van der Waals surface area contributed by atoms with Gasteiger partial charge in [-0.15, -0.1) is 11.3 Å². The minimum Gasteiger partial charge on any atom is -0.340 e. The number of carbonyl (C=O) groups is 1. The molecule has 1 aliphatic rings. The molecule has 0 saturated carbocycles. The highest BCUT2D eigenvalue weighted by atomic mass is 32.2. The van der Waals surface area contributed by atoms with Crippen LogP contribution in [-0.2, 0) is 21.2 Å². The number of carbonyl (C=O) groups excluding carboxylic acids is 1. The molecule has 2 aromatic rings. The topological polar surface area (TPSA) is 70.6 Å². The summed E-state index contributed by atoms with van der Waals surface area (Å²) in [7, 11) is -3.18.